The minimum atomic E-state index is 0.402. The molecule has 0 spiro atoms. The molecule has 1 aromatic rings. The molecule has 1 N–H and O–H groups in total. The molecule has 0 fully saturated rings. The van der Waals surface area contributed by atoms with Crippen LogP contribution in [0.5, 0.6) is 5.75 Å². The van der Waals surface area contributed by atoms with E-state index >= 15 is 0 Å². The fourth-order valence-electron chi connectivity index (χ4n) is 2.35. The normalized spacial score (nSPS) is 12.7. The van der Waals surface area contributed by atoms with Crippen molar-refractivity contribution in [1.82, 2.24) is 5.32 Å². The highest BCUT2D eigenvalue weighted by Gasteiger charge is 2.11. The average molecular weight is 249 g/mol. The maximum Gasteiger partial charge on any atom is 0.118 e. The van der Waals surface area contributed by atoms with E-state index in [-0.39, 0.29) is 0 Å². The summed E-state index contributed by atoms with van der Waals surface area (Å²) in [7, 11) is 1.70. The Morgan fingerprint density at radius 2 is 1.61 bits per heavy atom. The number of benzene rings is 1. The highest BCUT2D eigenvalue weighted by molar-refractivity contribution is 5.28. The Bertz CT molecular complexity index is 314. The molecule has 1 aromatic carbocycles. The van der Waals surface area contributed by atoms with E-state index in [0.717, 1.165) is 5.75 Å². The van der Waals surface area contributed by atoms with Gasteiger partial charge in [0.25, 0.3) is 0 Å². The summed E-state index contributed by atoms with van der Waals surface area (Å²) < 4.78 is 5.19. The molecule has 0 aliphatic carbocycles. The average Bonchev–Trinajstić information content (AvgIpc) is 2.39. The van der Waals surface area contributed by atoms with Gasteiger partial charge in [-0.2, -0.15) is 0 Å². The van der Waals surface area contributed by atoms with Crippen LogP contribution in [0.15, 0.2) is 24.3 Å². The standard InChI is InChI=1S/C16H27NO/c1-5-7-15(8-6-2)17-13(3)14-9-11-16(18-4)12-10-14/h9-13,15,17H,5-8H2,1-4H3/t13-/m0/s1. The van der Waals surface area contributed by atoms with E-state index in [4.69, 9.17) is 4.74 Å². The number of hydrogen-bond acceptors (Lipinski definition) is 2. The highest BCUT2D eigenvalue weighted by atomic mass is 16.5. The van der Waals surface area contributed by atoms with Gasteiger partial charge >= 0.3 is 0 Å². The summed E-state index contributed by atoms with van der Waals surface area (Å²) >= 11 is 0. The van der Waals surface area contributed by atoms with Crippen molar-refractivity contribution in [2.24, 2.45) is 0 Å². The minimum absolute atomic E-state index is 0.402. The summed E-state index contributed by atoms with van der Waals surface area (Å²) in [5, 5.41) is 3.73. The quantitative estimate of drug-likeness (QED) is 0.741. The second-order valence-electron chi connectivity index (χ2n) is 4.94. The topological polar surface area (TPSA) is 21.3 Å². The van der Waals surface area contributed by atoms with Gasteiger partial charge in [0.15, 0.2) is 0 Å². The van der Waals surface area contributed by atoms with Crippen LogP contribution in [0.4, 0.5) is 0 Å². The van der Waals surface area contributed by atoms with Gasteiger partial charge in [0.1, 0.15) is 5.75 Å². The molecular formula is C16H27NO. The van der Waals surface area contributed by atoms with Crippen molar-refractivity contribution in [2.45, 2.75) is 58.5 Å². The van der Waals surface area contributed by atoms with E-state index in [9.17, 15) is 0 Å². The number of hydrogen-bond donors (Lipinski definition) is 1. The smallest absolute Gasteiger partial charge is 0.118 e. The van der Waals surface area contributed by atoms with Gasteiger partial charge in [0, 0.05) is 12.1 Å². The van der Waals surface area contributed by atoms with E-state index in [1.165, 1.54) is 31.2 Å². The third-order valence-electron chi connectivity index (χ3n) is 3.38. The van der Waals surface area contributed by atoms with E-state index in [2.05, 4.69) is 38.2 Å². The molecule has 2 heteroatoms. The molecule has 0 aliphatic rings. The molecule has 0 unspecified atom stereocenters. The Balaban J connectivity index is 2.58. The van der Waals surface area contributed by atoms with Crippen molar-refractivity contribution < 1.29 is 4.74 Å². The van der Waals surface area contributed by atoms with E-state index in [0.29, 0.717) is 12.1 Å². The van der Waals surface area contributed by atoms with Gasteiger partial charge in [0.2, 0.25) is 0 Å². The first-order chi connectivity index (χ1) is 8.71. The summed E-state index contributed by atoms with van der Waals surface area (Å²) in [5.41, 5.74) is 1.33. The Kier molecular flexibility index (Phi) is 6.81. The molecule has 0 aliphatic heterocycles. The summed E-state index contributed by atoms with van der Waals surface area (Å²) in [4.78, 5) is 0. The molecule has 2 nitrogen and oxygen atoms in total. The number of rotatable bonds is 8. The van der Waals surface area contributed by atoms with Crippen LogP contribution in [0.1, 0.15) is 58.1 Å². The molecule has 0 radical (unpaired) electrons. The number of nitrogens with one attached hydrogen (secondary N) is 1. The van der Waals surface area contributed by atoms with Gasteiger partial charge in [-0.15, -0.1) is 0 Å². The van der Waals surface area contributed by atoms with Crippen LogP contribution in [0, 0.1) is 0 Å². The first-order valence-electron chi connectivity index (χ1n) is 7.11. The molecule has 0 amide bonds. The fourth-order valence-corrected chi connectivity index (χ4v) is 2.35. The fraction of sp³-hybridized carbons (Fsp3) is 0.625. The van der Waals surface area contributed by atoms with Crippen LogP contribution in [-0.2, 0) is 0 Å². The zero-order valence-corrected chi connectivity index (χ0v) is 12.2. The van der Waals surface area contributed by atoms with Gasteiger partial charge in [-0.1, -0.05) is 38.8 Å². The molecule has 18 heavy (non-hydrogen) atoms. The largest absolute Gasteiger partial charge is 0.497 e. The van der Waals surface area contributed by atoms with Crippen molar-refractivity contribution in [1.29, 1.82) is 0 Å². The Labute approximate surface area is 112 Å². The molecule has 0 saturated heterocycles. The lowest BCUT2D eigenvalue weighted by atomic mass is 10.0. The molecule has 0 saturated carbocycles. The van der Waals surface area contributed by atoms with Crippen LogP contribution >= 0.6 is 0 Å². The van der Waals surface area contributed by atoms with Crippen molar-refractivity contribution in [3.8, 4) is 5.75 Å². The summed E-state index contributed by atoms with van der Waals surface area (Å²) in [5.74, 6) is 0.921. The van der Waals surface area contributed by atoms with Crippen LogP contribution in [-0.4, -0.2) is 13.2 Å². The van der Waals surface area contributed by atoms with Gasteiger partial charge in [-0.3, -0.25) is 0 Å². The van der Waals surface area contributed by atoms with E-state index in [1.54, 1.807) is 7.11 Å². The zero-order chi connectivity index (χ0) is 13.4. The van der Waals surface area contributed by atoms with Crippen molar-refractivity contribution in [3.05, 3.63) is 29.8 Å². The monoisotopic (exact) mass is 249 g/mol. The first-order valence-corrected chi connectivity index (χ1v) is 7.11. The van der Waals surface area contributed by atoms with Crippen molar-refractivity contribution >= 4 is 0 Å². The third kappa shape index (κ3) is 4.69. The molecule has 1 rings (SSSR count). The predicted octanol–water partition coefficient (Wildman–Crippen LogP) is 4.31. The molecule has 102 valence electrons. The zero-order valence-electron chi connectivity index (χ0n) is 12.2. The minimum Gasteiger partial charge on any atom is -0.497 e. The summed E-state index contributed by atoms with van der Waals surface area (Å²) in [6.07, 6.45) is 5.00. The molecular weight excluding hydrogens is 222 g/mol. The Hall–Kier alpha value is -1.02. The maximum atomic E-state index is 5.19. The van der Waals surface area contributed by atoms with Gasteiger partial charge in [0.05, 0.1) is 7.11 Å². The highest BCUT2D eigenvalue weighted by Crippen LogP contribution is 2.19. The first kappa shape index (κ1) is 15.0. The van der Waals surface area contributed by atoms with Gasteiger partial charge in [-0.05, 0) is 37.5 Å². The number of methoxy groups -OCH3 is 1. The van der Waals surface area contributed by atoms with Crippen LogP contribution in [0.2, 0.25) is 0 Å². The lowest BCUT2D eigenvalue weighted by molar-refractivity contribution is 0.400. The Morgan fingerprint density at radius 1 is 1.06 bits per heavy atom. The van der Waals surface area contributed by atoms with E-state index in [1.807, 2.05) is 12.1 Å². The predicted molar refractivity (Wildman–Crippen MR) is 78.1 cm³/mol. The molecule has 0 aromatic heterocycles. The Morgan fingerprint density at radius 3 is 2.06 bits per heavy atom. The van der Waals surface area contributed by atoms with Crippen molar-refractivity contribution in [2.75, 3.05) is 7.11 Å². The van der Waals surface area contributed by atoms with Crippen LogP contribution in [0.25, 0.3) is 0 Å². The second kappa shape index (κ2) is 8.15. The lowest BCUT2D eigenvalue weighted by Gasteiger charge is -2.23. The molecule has 0 heterocycles. The maximum absolute atomic E-state index is 5.19. The molecule has 0 bridgehead atoms. The van der Waals surface area contributed by atoms with Crippen LogP contribution < -0.4 is 10.1 Å². The summed E-state index contributed by atoms with van der Waals surface area (Å²) in [6.45, 7) is 6.74. The van der Waals surface area contributed by atoms with E-state index < -0.39 is 0 Å². The number of ether oxygens (including phenoxy) is 1. The SMILES string of the molecule is CCCC(CCC)N[C@@H](C)c1ccc(OC)cc1. The van der Waals surface area contributed by atoms with Gasteiger partial charge < -0.3 is 10.1 Å². The van der Waals surface area contributed by atoms with Crippen molar-refractivity contribution in [3.63, 3.8) is 0 Å². The van der Waals surface area contributed by atoms with Gasteiger partial charge in [-0.25, -0.2) is 0 Å². The second-order valence-corrected chi connectivity index (χ2v) is 4.94. The van der Waals surface area contributed by atoms with Crippen LogP contribution in [0.3, 0.4) is 0 Å². The molecule has 1 atom stereocenters. The summed E-state index contributed by atoms with van der Waals surface area (Å²) in [6, 6.07) is 9.39. The third-order valence-corrected chi connectivity index (χ3v) is 3.38. The lowest BCUT2D eigenvalue weighted by Crippen LogP contribution is -2.31.